The average Bonchev–Trinajstić information content (AvgIpc) is 3.07. The fourth-order valence-electron chi connectivity index (χ4n) is 2.94. The molecule has 0 atom stereocenters. The van der Waals surface area contributed by atoms with Crippen molar-refractivity contribution in [3.63, 3.8) is 0 Å². The molecular formula is C15H20ClN3. The van der Waals surface area contributed by atoms with E-state index in [-0.39, 0.29) is 0 Å². The number of aromatic nitrogens is 3. The third kappa shape index (κ3) is 2.36. The van der Waals surface area contributed by atoms with E-state index in [1.165, 1.54) is 25.7 Å². The van der Waals surface area contributed by atoms with Crippen molar-refractivity contribution in [1.29, 1.82) is 0 Å². The second-order valence-electron chi connectivity index (χ2n) is 5.79. The van der Waals surface area contributed by atoms with Crippen LogP contribution in [0.15, 0.2) is 12.1 Å². The summed E-state index contributed by atoms with van der Waals surface area (Å²) in [5, 5.41) is 0. The van der Waals surface area contributed by atoms with Crippen LogP contribution >= 0.6 is 11.6 Å². The van der Waals surface area contributed by atoms with Gasteiger partial charge in [0.2, 0.25) is 0 Å². The summed E-state index contributed by atoms with van der Waals surface area (Å²) < 4.78 is 2.25. The SMILES string of the molecule is CCCC1(Cn2c(CCl)nc3ccc(C)nc32)CC1. The molecule has 0 unspecified atom stereocenters. The van der Waals surface area contributed by atoms with Crippen molar-refractivity contribution in [2.45, 2.75) is 52.0 Å². The zero-order valence-corrected chi connectivity index (χ0v) is 12.4. The van der Waals surface area contributed by atoms with Crippen molar-refractivity contribution >= 4 is 22.8 Å². The van der Waals surface area contributed by atoms with Gasteiger partial charge < -0.3 is 4.57 Å². The Bertz CT molecular complexity index is 599. The van der Waals surface area contributed by atoms with Crippen LogP contribution < -0.4 is 0 Å². The summed E-state index contributed by atoms with van der Waals surface area (Å²) in [4.78, 5) is 9.27. The van der Waals surface area contributed by atoms with E-state index in [0.29, 0.717) is 11.3 Å². The monoisotopic (exact) mass is 277 g/mol. The van der Waals surface area contributed by atoms with E-state index in [2.05, 4.69) is 21.5 Å². The van der Waals surface area contributed by atoms with E-state index in [0.717, 1.165) is 29.2 Å². The Kier molecular flexibility index (Phi) is 3.25. The zero-order chi connectivity index (χ0) is 13.5. The quantitative estimate of drug-likeness (QED) is 0.772. The molecule has 1 saturated carbocycles. The maximum absolute atomic E-state index is 6.06. The first-order valence-corrected chi connectivity index (χ1v) is 7.60. The topological polar surface area (TPSA) is 30.7 Å². The summed E-state index contributed by atoms with van der Waals surface area (Å²) in [6.45, 7) is 5.31. The summed E-state index contributed by atoms with van der Waals surface area (Å²) >= 11 is 6.06. The smallest absolute Gasteiger partial charge is 0.160 e. The van der Waals surface area contributed by atoms with Crippen LogP contribution in [0, 0.1) is 12.3 Å². The lowest BCUT2D eigenvalue weighted by atomic mass is 10.0. The Hall–Kier alpha value is -1.09. The van der Waals surface area contributed by atoms with Crippen molar-refractivity contribution in [3.8, 4) is 0 Å². The zero-order valence-electron chi connectivity index (χ0n) is 11.6. The normalized spacial score (nSPS) is 17.0. The summed E-state index contributed by atoms with van der Waals surface area (Å²) in [6.07, 6.45) is 5.19. The number of imidazole rings is 1. The van der Waals surface area contributed by atoms with Crippen LogP contribution in [0.5, 0.6) is 0 Å². The van der Waals surface area contributed by atoms with Crippen LogP contribution in [-0.4, -0.2) is 14.5 Å². The van der Waals surface area contributed by atoms with E-state index in [9.17, 15) is 0 Å². The Labute approximate surface area is 119 Å². The van der Waals surface area contributed by atoms with Gasteiger partial charge in [-0.25, -0.2) is 9.97 Å². The molecule has 2 heterocycles. The predicted molar refractivity (Wildman–Crippen MR) is 78.4 cm³/mol. The van der Waals surface area contributed by atoms with Gasteiger partial charge in [0.25, 0.3) is 0 Å². The molecule has 0 spiro atoms. The van der Waals surface area contributed by atoms with E-state index in [4.69, 9.17) is 11.6 Å². The first-order valence-electron chi connectivity index (χ1n) is 7.06. The number of aryl methyl sites for hydroxylation is 1. The Balaban J connectivity index is 2.03. The molecule has 1 fully saturated rings. The third-order valence-corrected chi connectivity index (χ3v) is 4.40. The van der Waals surface area contributed by atoms with Gasteiger partial charge >= 0.3 is 0 Å². The van der Waals surface area contributed by atoms with Crippen molar-refractivity contribution in [3.05, 3.63) is 23.7 Å². The number of fused-ring (bicyclic) bond motifs is 1. The predicted octanol–water partition coefficient (Wildman–Crippen LogP) is 4.06. The molecule has 19 heavy (non-hydrogen) atoms. The van der Waals surface area contributed by atoms with Crippen molar-refractivity contribution in [2.75, 3.05) is 0 Å². The largest absolute Gasteiger partial charge is 0.311 e. The number of hydrogen-bond donors (Lipinski definition) is 0. The van der Waals surface area contributed by atoms with Gasteiger partial charge in [0, 0.05) is 12.2 Å². The second-order valence-corrected chi connectivity index (χ2v) is 6.06. The van der Waals surface area contributed by atoms with Crippen LogP contribution in [0.4, 0.5) is 0 Å². The maximum Gasteiger partial charge on any atom is 0.160 e. The molecular weight excluding hydrogens is 258 g/mol. The number of rotatable bonds is 5. The molecule has 4 heteroatoms. The molecule has 0 bridgehead atoms. The van der Waals surface area contributed by atoms with Crippen molar-refractivity contribution < 1.29 is 0 Å². The van der Waals surface area contributed by atoms with Crippen LogP contribution in [0.3, 0.4) is 0 Å². The fourth-order valence-corrected chi connectivity index (χ4v) is 3.15. The summed E-state index contributed by atoms with van der Waals surface area (Å²) in [7, 11) is 0. The second kappa shape index (κ2) is 4.78. The van der Waals surface area contributed by atoms with E-state index in [1.807, 2.05) is 19.1 Å². The Morgan fingerprint density at radius 3 is 2.74 bits per heavy atom. The first-order chi connectivity index (χ1) is 9.17. The number of alkyl halides is 1. The fraction of sp³-hybridized carbons (Fsp3) is 0.600. The molecule has 3 rings (SSSR count). The Morgan fingerprint density at radius 1 is 1.32 bits per heavy atom. The molecule has 0 aromatic carbocycles. The van der Waals surface area contributed by atoms with E-state index in [1.54, 1.807) is 0 Å². The minimum Gasteiger partial charge on any atom is -0.311 e. The molecule has 0 saturated heterocycles. The molecule has 1 aliphatic rings. The highest BCUT2D eigenvalue weighted by Gasteiger charge is 2.42. The van der Waals surface area contributed by atoms with Gasteiger partial charge in [-0.3, -0.25) is 0 Å². The van der Waals surface area contributed by atoms with Gasteiger partial charge in [0.1, 0.15) is 11.3 Å². The standard InChI is InChI=1S/C15H20ClN3/c1-3-6-15(7-8-15)10-19-13(9-16)18-12-5-4-11(2)17-14(12)19/h4-5H,3,6-10H2,1-2H3. The summed E-state index contributed by atoms with van der Waals surface area (Å²) in [5.41, 5.74) is 3.48. The first kappa shape index (κ1) is 12.9. The highest BCUT2D eigenvalue weighted by Crippen LogP contribution is 2.51. The lowest BCUT2D eigenvalue weighted by Crippen LogP contribution is -2.14. The molecule has 102 valence electrons. The summed E-state index contributed by atoms with van der Waals surface area (Å²) in [5.74, 6) is 1.41. The number of nitrogens with zero attached hydrogens (tertiary/aromatic N) is 3. The maximum atomic E-state index is 6.06. The molecule has 3 nitrogen and oxygen atoms in total. The number of hydrogen-bond acceptors (Lipinski definition) is 2. The van der Waals surface area contributed by atoms with Gasteiger partial charge in [0.05, 0.1) is 5.88 Å². The molecule has 2 aromatic rings. The minimum atomic E-state index is 0.456. The van der Waals surface area contributed by atoms with Gasteiger partial charge in [-0.05, 0) is 43.7 Å². The highest BCUT2D eigenvalue weighted by atomic mass is 35.5. The van der Waals surface area contributed by atoms with E-state index < -0.39 is 0 Å². The average molecular weight is 278 g/mol. The molecule has 0 N–H and O–H groups in total. The van der Waals surface area contributed by atoms with Crippen molar-refractivity contribution in [2.24, 2.45) is 5.41 Å². The number of pyridine rings is 1. The van der Waals surface area contributed by atoms with Crippen LogP contribution in [0.25, 0.3) is 11.2 Å². The molecule has 0 amide bonds. The molecule has 0 aliphatic heterocycles. The van der Waals surface area contributed by atoms with Gasteiger partial charge in [-0.2, -0.15) is 0 Å². The van der Waals surface area contributed by atoms with Crippen LogP contribution in [0.1, 0.15) is 44.1 Å². The summed E-state index contributed by atoms with van der Waals surface area (Å²) in [6, 6.07) is 4.06. The molecule has 2 aromatic heterocycles. The number of halogens is 1. The molecule has 1 aliphatic carbocycles. The third-order valence-electron chi connectivity index (χ3n) is 4.16. The van der Waals surface area contributed by atoms with Crippen molar-refractivity contribution in [1.82, 2.24) is 14.5 Å². The van der Waals surface area contributed by atoms with Crippen LogP contribution in [-0.2, 0) is 12.4 Å². The molecule has 0 radical (unpaired) electrons. The van der Waals surface area contributed by atoms with Gasteiger partial charge in [-0.15, -0.1) is 11.6 Å². The Morgan fingerprint density at radius 2 is 2.11 bits per heavy atom. The van der Waals surface area contributed by atoms with Gasteiger partial charge in [-0.1, -0.05) is 13.3 Å². The lowest BCUT2D eigenvalue weighted by Gasteiger charge is -2.16. The van der Waals surface area contributed by atoms with Crippen LogP contribution in [0.2, 0.25) is 0 Å². The highest BCUT2D eigenvalue weighted by molar-refractivity contribution is 6.16. The van der Waals surface area contributed by atoms with Gasteiger partial charge in [0.15, 0.2) is 5.65 Å². The van der Waals surface area contributed by atoms with E-state index >= 15 is 0 Å². The minimum absolute atomic E-state index is 0.456. The lowest BCUT2D eigenvalue weighted by molar-refractivity contribution is 0.388.